The minimum atomic E-state index is -0.205. The first-order valence-corrected chi connectivity index (χ1v) is 9.22. The number of fused-ring (bicyclic) bond motifs is 2. The van der Waals surface area contributed by atoms with Gasteiger partial charge >= 0.3 is 0 Å². The Kier molecular flexibility index (Phi) is 7.56. The van der Waals surface area contributed by atoms with Crippen molar-refractivity contribution in [2.75, 3.05) is 31.1 Å². The maximum Gasteiger partial charge on any atom is 0.222 e. The first kappa shape index (κ1) is 21.3. The number of piperazine rings is 1. The minimum absolute atomic E-state index is 0. The Morgan fingerprint density at radius 1 is 1.00 bits per heavy atom. The lowest BCUT2D eigenvalue weighted by molar-refractivity contribution is -0.132. The SMILES string of the molecule is Cl.Cl.O=C(CC1CC2CCC(C1)N2)N1CCN(c2ccc(F)cc2)CC1. The second kappa shape index (κ2) is 9.25. The van der Waals surface area contributed by atoms with Gasteiger partial charge in [0.15, 0.2) is 0 Å². The predicted octanol–water partition coefficient (Wildman–Crippen LogP) is 3.24. The van der Waals surface area contributed by atoms with Gasteiger partial charge in [0.25, 0.3) is 0 Å². The third-order valence-electron chi connectivity index (χ3n) is 5.86. The number of anilines is 1. The van der Waals surface area contributed by atoms with E-state index in [4.69, 9.17) is 0 Å². The molecular formula is C19H28Cl2FN3O. The van der Waals surface area contributed by atoms with Crippen molar-refractivity contribution in [2.24, 2.45) is 5.92 Å². The Balaban J connectivity index is 0.00000121. The van der Waals surface area contributed by atoms with Crippen LogP contribution in [0.3, 0.4) is 0 Å². The van der Waals surface area contributed by atoms with E-state index in [0.29, 0.717) is 30.3 Å². The van der Waals surface area contributed by atoms with Gasteiger partial charge in [-0.3, -0.25) is 4.79 Å². The molecule has 2 bridgehead atoms. The van der Waals surface area contributed by atoms with E-state index in [-0.39, 0.29) is 30.6 Å². The van der Waals surface area contributed by atoms with Gasteiger partial charge in [0.1, 0.15) is 5.82 Å². The number of amides is 1. The Hall–Kier alpha value is -1.04. The molecule has 1 aromatic carbocycles. The highest BCUT2D eigenvalue weighted by Gasteiger charge is 2.35. The summed E-state index contributed by atoms with van der Waals surface area (Å²) in [5.74, 6) is 0.676. The molecule has 0 aliphatic carbocycles. The number of carbonyl (C=O) groups excluding carboxylic acids is 1. The van der Waals surface area contributed by atoms with E-state index in [0.717, 1.165) is 44.7 Å². The van der Waals surface area contributed by atoms with Crippen LogP contribution in [0.4, 0.5) is 10.1 Å². The summed E-state index contributed by atoms with van der Waals surface area (Å²) in [6, 6.07) is 7.93. The Morgan fingerprint density at radius 2 is 1.58 bits per heavy atom. The number of hydrogen-bond acceptors (Lipinski definition) is 3. The predicted molar refractivity (Wildman–Crippen MR) is 107 cm³/mol. The third kappa shape index (κ3) is 4.81. The molecule has 1 amide bonds. The summed E-state index contributed by atoms with van der Waals surface area (Å²) in [7, 11) is 0. The van der Waals surface area contributed by atoms with Gasteiger partial charge in [0.05, 0.1) is 0 Å². The maximum absolute atomic E-state index is 13.0. The van der Waals surface area contributed by atoms with Crippen LogP contribution in [0.5, 0.6) is 0 Å². The minimum Gasteiger partial charge on any atom is -0.368 e. The molecule has 0 spiro atoms. The van der Waals surface area contributed by atoms with Gasteiger partial charge in [0.2, 0.25) is 5.91 Å². The summed E-state index contributed by atoms with van der Waals surface area (Å²) in [5.41, 5.74) is 1.04. The molecule has 26 heavy (non-hydrogen) atoms. The monoisotopic (exact) mass is 403 g/mol. The van der Waals surface area contributed by atoms with E-state index in [2.05, 4.69) is 10.2 Å². The Morgan fingerprint density at radius 3 is 2.15 bits per heavy atom. The number of halogens is 3. The van der Waals surface area contributed by atoms with Gasteiger partial charge in [0, 0.05) is 50.4 Å². The van der Waals surface area contributed by atoms with Crippen molar-refractivity contribution < 1.29 is 9.18 Å². The van der Waals surface area contributed by atoms with Gasteiger partial charge in [-0.2, -0.15) is 0 Å². The second-order valence-corrected chi connectivity index (χ2v) is 7.52. The molecule has 2 unspecified atom stereocenters. The van der Waals surface area contributed by atoms with Gasteiger partial charge in [-0.1, -0.05) is 0 Å². The quantitative estimate of drug-likeness (QED) is 0.840. The molecule has 3 aliphatic rings. The summed E-state index contributed by atoms with van der Waals surface area (Å²) in [5, 5.41) is 3.64. The normalized spacial score (nSPS) is 27.5. The fourth-order valence-corrected chi connectivity index (χ4v) is 4.58. The molecule has 2 atom stereocenters. The molecular weight excluding hydrogens is 376 g/mol. The lowest BCUT2D eigenvalue weighted by Gasteiger charge is -2.37. The molecule has 1 aromatic rings. The van der Waals surface area contributed by atoms with Crippen molar-refractivity contribution in [3.05, 3.63) is 30.1 Å². The maximum atomic E-state index is 13.0. The van der Waals surface area contributed by atoms with E-state index in [9.17, 15) is 9.18 Å². The van der Waals surface area contributed by atoms with Crippen molar-refractivity contribution in [1.29, 1.82) is 0 Å². The lowest BCUT2D eigenvalue weighted by atomic mass is 9.89. The van der Waals surface area contributed by atoms with Crippen LogP contribution >= 0.6 is 24.8 Å². The molecule has 146 valence electrons. The highest BCUT2D eigenvalue weighted by atomic mass is 35.5. The summed E-state index contributed by atoms with van der Waals surface area (Å²) in [4.78, 5) is 16.9. The molecule has 0 aromatic heterocycles. The number of piperidine rings is 1. The average molecular weight is 404 g/mol. The van der Waals surface area contributed by atoms with Crippen LogP contribution in [0, 0.1) is 11.7 Å². The van der Waals surface area contributed by atoms with E-state index in [1.54, 1.807) is 0 Å². The molecule has 4 nitrogen and oxygen atoms in total. The fourth-order valence-electron chi connectivity index (χ4n) is 4.58. The van der Waals surface area contributed by atoms with Gasteiger partial charge in [-0.25, -0.2) is 4.39 Å². The highest BCUT2D eigenvalue weighted by molar-refractivity contribution is 5.85. The van der Waals surface area contributed by atoms with Gasteiger partial charge < -0.3 is 15.1 Å². The molecule has 1 N–H and O–H groups in total. The van der Waals surface area contributed by atoms with E-state index in [1.165, 1.54) is 25.0 Å². The Bertz CT molecular complexity index is 581. The van der Waals surface area contributed by atoms with E-state index >= 15 is 0 Å². The molecule has 3 aliphatic heterocycles. The fraction of sp³-hybridized carbons (Fsp3) is 0.632. The molecule has 7 heteroatoms. The van der Waals surface area contributed by atoms with Gasteiger partial charge in [-0.05, 0) is 55.9 Å². The molecule has 3 fully saturated rings. The number of nitrogens with zero attached hydrogens (tertiary/aromatic N) is 2. The van der Waals surface area contributed by atoms with Crippen LogP contribution in [0.2, 0.25) is 0 Å². The van der Waals surface area contributed by atoms with Crippen molar-refractivity contribution in [2.45, 2.75) is 44.2 Å². The number of nitrogens with one attached hydrogen (secondary N) is 1. The second-order valence-electron chi connectivity index (χ2n) is 7.52. The Labute approximate surface area is 167 Å². The van der Waals surface area contributed by atoms with Crippen LogP contribution in [0.1, 0.15) is 32.1 Å². The largest absolute Gasteiger partial charge is 0.368 e. The summed E-state index contributed by atoms with van der Waals surface area (Å²) in [6.45, 7) is 3.20. The third-order valence-corrected chi connectivity index (χ3v) is 5.86. The molecule has 0 saturated carbocycles. The van der Waals surface area contributed by atoms with Gasteiger partial charge in [-0.15, -0.1) is 24.8 Å². The summed E-state index contributed by atoms with van der Waals surface area (Å²) in [6.07, 6.45) is 5.61. The zero-order valence-electron chi connectivity index (χ0n) is 14.9. The lowest BCUT2D eigenvalue weighted by Crippen LogP contribution is -2.49. The smallest absolute Gasteiger partial charge is 0.222 e. The van der Waals surface area contributed by atoms with Crippen LogP contribution in [0.15, 0.2) is 24.3 Å². The number of rotatable bonds is 3. The number of carbonyl (C=O) groups is 1. The van der Waals surface area contributed by atoms with Crippen molar-refractivity contribution >= 4 is 36.4 Å². The zero-order chi connectivity index (χ0) is 16.5. The topological polar surface area (TPSA) is 35.6 Å². The first-order valence-electron chi connectivity index (χ1n) is 9.22. The van der Waals surface area contributed by atoms with Crippen molar-refractivity contribution in [1.82, 2.24) is 10.2 Å². The number of benzene rings is 1. The standard InChI is InChI=1S/C19H26FN3O.2ClH/c20-15-1-5-18(6-2-15)22-7-9-23(10-8-22)19(24)13-14-11-16-3-4-17(12-14)21-16;;/h1-2,5-6,14,16-17,21H,3-4,7-13H2;2*1H. The molecule has 3 saturated heterocycles. The molecule has 3 heterocycles. The van der Waals surface area contributed by atoms with E-state index in [1.807, 2.05) is 17.0 Å². The van der Waals surface area contributed by atoms with Crippen LogP contribution < -0.4 is 10.2 Å². The molecule has 4 rings (SSSR count). The van der Waals surface area contributed by atoms with Crippen LogP contribution in [-0.4, -0.2) is 49.1 Å². The zero-order valence-corrected chi connectivity index (χ0v) is 16.5. The first-order chi connectivity index (χ1) is 11.7. The van der Waals surface area contributed by atoms with E-state index < -0.39 is 0 Å². The van der Waals surface area contributed by atoms with Crippen molar-refractivity contribution in [3.63, 3.8) is 0 Å². The summed E-state index contributed by atoms with van der Waals surface area (Å²) < 4.78 is 13.0. The average Bonchev–Trinajstić information content (AvgIpc) is 2.94. The molecule has 0 radical (unpaired) electrons. The van der Waals surface area contributed by atoms with Crippen LogP contribution in [-0.2, 0) is 4.79 Å². The van der Waals surface area contributed by atoms with Crippen LogP contribution in [0.25, 0.3) is 0 Å². The number of hydrogen-bond donors (Lipinski definition) is 1. The highest BCUT2D eigenvalue weighted by Crippen LogP contribution is 2.33. The van der Waals surface area contributed by atoms with Crippen molar-refractivity contribution in [3.8, 4) is 0 Å². The summed E-state index contributed by atoms with van der Waals surface area (Å²) >= 11 is 0.